The van der Waals surface area contributed by atoms with Gasteiger partial charge in [0.15, 0.2) is 5.78 Å². The molecule has 4 atom stereocenters. The first kappa shape index (κ1) is 23.8. The number of rotatable bonds is 7. The summed E-state index contributed by atoms with van der Waals surface area (Å²) in [7, 11) is 3.22. The molecule has 0 aromatic heterocycles. The van der Waals surface area contributed by atoms with Crippen molar-refractivity contribution in [2.45, 2.75) is 23.9 Å². The Morgan fingerprint density at radius 2 is 1.22 bits per heavy atom. The van der Waals surface area contributed by atoms with Crippen LogP contribution in [-0.4, -0.2) is 25.1 Å². The van der Waals surface area contributed by atoms with Crippen LogP contribution in [0.2, 0.25) is 0 Å². The third-order valence-electron chi connectivity index (χ3n) is 7.50. The molecular formula is C32H30O4. The van der Waals surface area contributed by atoms with Gasteiger partial charge in [0.05, 0.1) is 20.1 Å². The van der Waals surface area contributed by atoms with Gasteiger partial charge in [-0.15, -0.1) is 0 Å². The van der Waals surface area contributed by atoms with Crippen molar-refractivity contribution in [3.63, 3.8) is 0 Å². The van der Waals surface area contributed by atoms with Crippen LogP contribution in [0.5, 0.6) is 11.5 Å². The van der Waals surface area contributed by atoms with Crippen molar-refractivity contribution in [1.82, 2.24) is 0 Å². The molecule has 0 aliphatic heterocycles. The Labute approximate surface area is 212 Å². The van der Waals surface area contributed by atoms with Crippen molar-refractivity contribution in [3.05, 3.63) is 131 Å². The third-order valence-corrected chi connectivity index (χ3v) is 7.50. The summed E-state index contributed by atoms with van der Waals surface area (Å²) >= 11 is 0. The van der Waals surface area contributed by atoms with Crippen LogP contribution < -0.4 is 9.47 Å². The zero-order chi connectivity index (χ0) is 25.1. The van der Waals surface area contributed by atoms with Gasteiger partial charge in [-0.3, -0.25) is 4.79 Å². The average molecular weight is 479 g/mol. The van der Waals surface area contributed by atoms with Gasteiger partial charge in [-0.05, 0) is 65.4 Å². The van der Waals surface area contributed by atoms with Crippen LogP contribution in [-0.2, 0) is 5.60 Å². The second-order valence-corrected chi connectivity index (χ2v) is 9.38. The molecule has 4 heteroatoms. The lowest BCUT2D eigenvalue weighted by Gasteiger charge is -2.33. The van der Waals surface area contributed by atoms with Gasteiger partial charge in [0, 0.05) is 11.5 Å². The number of ether oxygens (including phenoxy) is 2. The number of Topliss-reactive ketones (excluding diaryl/α,β-unsaturated/α-hetero) is 1. The number of aliphatic hydroxyl groups is 1. The second kappa shape index (κ2) is 10.00. The molecule has 1 aliphatic carbocycles. The lowest BCUT2D eigenvalue weighted by atomic mass is 9.73. The Morgan fingerprint density at radius 1 is 0.722 bits per heavy atom. The van der Waals surface area contributed by atoms with Crippen LogP contribution >= 0.6 is 0 Å². The number of benzene rings is 4. The fourth-order valence-electron chi connectivity index (χ4n) is 5.74. The lowest BCUT2D eigenvalue weighted by molar-refractivity contribution is -0.000278. The van der Waals surface area contributed by atoms with E-state index >= 15 is 0 Å². The molecule has 0 unspecified atom stereocenters. The molecule has 0 saturated heterocycles. The van der Waals surface area contributed by atoms with Crippen LogP contribution in [0.4, 0.5) is 0 Å². The highest BCUT2D eigenvalue weighted by Crippen LogP contribution is 2.59. The average Bonchev–Trinajstić information content (AvgIpc) is 3.28. The number of carbonyl (C=O) groups is 1. The third kappa shape index (κ3) is 4.29. The maximum atomic E-state index is 14.3. The van der Waals surface area contributed by atoms with Crippen LogP contribution in [0.1, 0.15) is 45.3 Å². The minimum absolute atomic E-state index is 0.0482. The zero-order valence-corrected chi connectivity index (χ0v) is 20.5. The van der Waals surface area contributed by atoms with E-state index in [9.17, 15) is 9.90 Å². The monoisotopic (exact) mass is 478 g/mol. The fourth-order valence-corrected chi connectivity index (χ4v) is 5.74. The van der Waals surface area contributed by atoms with E-state index in [4.69, 9.17) is 9.47 Å². The Bertz CT molecular complexity index is 1300. The number of carbonyl (C=O) groups excluding carboxylic acids is 1. The van der Waals surface area contributed by atoms with Gasteiger partial charge in [0.25, 0.3) is 0 Å². The van der Waals surface area contributed by atoms with Gasteiger partial charge in [-0.25, -0.2) is 0 Å². The van der Waals surface area contributed by atoms with Crippen molar-refractivity contribution < 1.29 is 19.4 Å². The summed E-state index contributed by atoms with van der Waals surface area (Å²) in [6.07, 6.45) is 0.426. The number of ketones is 1. The van der Waals surface area contributed by atoms with Gasteiger partial charge in [-0.2, -0.15) is 0 Å². The van der Waals surface area contributed by atoms with E-state index in [0.29, 0.717) is 23.5 Å². The molecule has 0 amide bonds. The largest absolute Gasteiger partial charge is 0.497 e. The standard InChI is InChI=1S/C32H30O4/c1-35-26-17-13-24(14-18-26)31(33)30-29(23-11-7-4-8-12-23)28(22-9-5-3-6-10-22)21-32(30,34)25-15-19-27(36-2)20-16-25/h3-20,28-30,34H,21H2,1-2H3/t28-,29-,30-,32+/m0/s1. The van der Waals surface area contributed by atoms with Gasteiger partial charge < -0.3 is 14.6 Å². The molecule has 0 radical (unpaired) electrons. The Morgan fingerprint density at radius 3 is 1.75 bits per heavy atom. The van der Waals surface area contributed by atoms with Gasteiger partial charge in [0.1, 0.15) is 17.1 Å². The maximum Gasteiger partial charge on any atom is 0.169 e. The second-order valence-electron chi connectivity index (χ2n) is 9.38. The smallest absolute Gasteiger partial charge is 0.169 e. The first-order valence-corrected chi connectivity index (χ1v) is 12.2. The van der Waals surface area contributed by atoms with Crippen LogP contribution in [0, 0.1) is 5.92 Å². The SMILES string of the molecule is COc1ccc(C(=O)[C@@H]2[C@@H](c3ccccc3)[C@H](c3ccccc3)C[C@@]2(O)c2ccc(OC)cc2)cc1. The lowest BCUT2D eigenvalue weighted by Crippen LogP contribution is -2.38. The molecule has 1 saturated carbocycles. The predicted octanol–water partition coefficient (Wildman–Crippen LogP) is 6.36. The summed E-state index contributed by atoms with van der Waals surface area (Å²) < 4.78 is 10.6. The Balaban J connectivity index is 1.69. The van der Waals surface area contributed by atoms with Crippen molar-refractivity contribution in [1.29, 1.82) is 0 Å². The molecule has 0 spiro atoms. The fraction of sp³-hybridized carbons (Fsp3) is 0.219. The molecule has 5 rings (SSSR count). The summed E-state index contributed by atoms with van der Waals surface area (Å²) in [5, 5.41) is 12.5. The van der Waals surface area contributed by atoms with E-state index in [-0.39, 0.29) is 17.6 Å². The van der Waals surface area contributed by atoms with E-state index < -0.39 is 11.5 Å². The van der Waals surface area contributed by atoms with Crippen LogP contribution in [0.25, 0.3) is 0 Å². The molecule has 0 heterocycles. The highest BCUT2D eigenvalue weighted by Gasteiger charge is 2.57. The van der Waals surface area contributed by atoms with E-state index in [2.05, 4.69) is 24.3 Å². The summed E-state index contributed by atoms with van der Waals surface area (Å²) in [4.78, 5) is 14.3. The van der Waals surface area contributed by atoms with Crippen molar-refractivity contribution in [2.24, 2.45) is 5.92 Å². The van der Waals surface area contributed by atoms with E-state index in [0.717, 1.165) is 16.7 Å². The molecule has 4 aromatic carbocycles. The van der Waals surface area contributed by atoms with Gasteiger partial charge in [0.2, 0.25) is 0 Å². The summed E-state index contributed by atoms with van der Waals surface area (Å²) in [6, 6.07) is 34.9. The van der Waals surface area contributed by atoms with Gasteiger partial charge >= 0.3 is 0 Å². The zero-order valence-electron chi connectivity index (χ0n) is 20.5. The molecule has 182 valence electrons. The minimum Gasteiger partial charge on any atom is -0.497 e. The highest BCUT2D eigenvalue weighted by molar-refractivity contribution is 6.00. The summed E-state index contributed by atoms with van der Waals surface area (Å²) in [6.45, 7) is 0. The van der Waals surface area contributed by atoms with Gasteiger partial charge in [-0.1, -0.05) is 72.8 Å². The summed E-state index contributed by atoms with van der Waals surface area (Å²) in [5.74, 6) is 0.362. The molecule has 1 N–H and O–H groups in total. The normalized spacial score (nSPS) is 23.2. The minimum atomic E-state index is -1.37. The van der Waals surface area contributed by atoms with Crippen molar-refractivity contribution >= 4 is 5.78 Å². The number of hydrogen-bond acceptors (Lipinski definition) is 4. The molecule has 4 nitrogen and oxygen atoms in total. The van der Waals surface area contributed by atoms with E-state index in [1.807, 2.05) is 60.7 Å². The molecule has 1 fully saturated rings. The Hall–Kier alpha value is -3.89. The van der Waals surface area contributed by atoms with E-state index in [1.165, 1.54) is 0 Å². The predicted molar refractivity (Wildman–Crippen MR) is 141 cm³/mol. The topological polar surface area (TPSA) is 55.8 Å². The molecule has 0 bridgehead atoms. The molecule has 36 heavy (non-hydrogen) atoms. The van der Waals surface area contributed by atoms with Crippen LogP contribution in [0.15, 0.2) is 109 Å². The highest BCUT2D eigenvalue weighted by atomic mass is 16.5. The maximum absolute atomic E-state index is 14.3. The first-order chi connectivity index (χ1) is 17.5. The quantitative estimate of drug-likeness (QED) is 0.314. The number of methoxy groups -OCH3 is 2. The summed E-state index contributed by atoms with van der Waals surface area (Å²) in [5.41, 5.74) is 2.06. The Kier molecular flexibility index (Phi) is 6.62. The molecule has 1 aliphatic rings. The van der Waals surface area contributed by atoms with Crippen molar-refractivity contribution in [3.8, 4) is 11.5 Å². The first-order valence-electron chi connectivity index (χ1n) is 12.2. The van der Waals surface area contributed by atoms with E-state index in [1.54, 1.807) is 38.5 Å². The van der Waals surface area contributed by atoms with Crippen LogP contribution in [0.3, 0.4) is 0 Å². The molecule has 4 aromatic rings. The molecular weight excluding hydrogens is 448 g/mol. The number of hydrogen-bond donors (Lipinski definition) is 1. The van der Waals surface area contributed by atoms with Crippen molar-refractivity contribution in [2.75, 3.05) is 14.2 Å².